The SMILES string of the molecule is COc1cccc(CN(C)CCC(C)Cl)c1. The number of hydrogen-bond donors (Lipinski definition) is 0. The highest BCUT2D eigenvalue weighted by molar-refractivity contribution is 6.20. The van der Waals surface area contributed by atoms with Crippen LogP contribution in [0.5, 0.6) is 5.75 Å². The fraction of sp³-hybridized carbons (Fsp3) is 0.538. The van der Waals surface area contributed by atoms with Crippen LogP contribution in [0.4, 0.5) is 0 Å². The fourth-order valence-corrected chi connectivity index (χ4v) is 1.66. The number of alkyl halides is 1. The zero-order valence-electron chi connectivity index (χ0n) is 10.2. The van der Waals surface area contributed by atoms with Gasteiger partial charge in [0.15, 0.2) is 0 Å². The van der Waals surface area contributed by atoms with Gasteiger partial charge in [0.25, 0.3) is 0 Å². The zero-order valence-corrected chi connectivity index (χ0v) is 11.0. The molecule has 0 saturated heterocycles. The highest BCUT2D eigenvalue weighted by Gasteiger charge is 2.03. The summed E-state index contributed by atoms with van der Waals surface area (Å²) in [6, 6.07) is 8.17. The minimum absolute atomic E-state index is 0.243. The predicted molar refractivity (Wildman–Crippen MR) is 69.3 cm³/mol. The van der Waals surface area contributed by atoms with Crippen molar-refractivity contribution < 1.29 is 4.74 Å². The van der Waals surface area contributed by atoms with Crippen molar-refractivity contribution in [2.45, 2.75) is 25.3 Å². The van der Waals surface area contributed by atoms with Crippen LogP contribution in [0.15, 0.2) is 24.3 Å². The third-order valence-electron chi connectivity index (χ3n) is 2.50. The Hall–Kier alpha value is -0.730. The second kappa shape index (κ2) is 6.77. The lowest BCUT2D eigenvalue weighted by Crippen LogP contribution is -2.20. The molecule has 0 aliphatic heterocycles. The van der Waals surface area contributed by atoms with Crippen molar-refractivity contribution in [2.24, 2.45) is 0 Å². The smallest absolute Gasteiger partial charge is 0.119 e. The van der Waals surface area contributed by atoms with Gasteiger partial charge in [0.1, 0.15) is 5.75 Å². The molecule has 0 saturated carbocycles. The Morgan fingerprint density at radius 3 is 2.81 bits per heavy atom. The molecule has 1 aromatic carbocycles. The first-order valence-corrected chi connectivity index (χ1v) is 6.01. The van der Waals surface area contributed by atoms with Crippen LogP contribution in [0.3, 0.4) is 0 Å². The highest BCUT2D eigenvalue weighted by Crippen LogP contribution is 2.14. The van der Waals surface area contributed by atoms with E-state index in [0.717, 1.165) is 25.3 Å². The van der Waals surface area contributed by atoms with Gasteiger partial charge in [-0.3, -0.25) is 0 Å². The van der Waals surface area contributed by atoms with Gasteiger partial charge in [0, 0.05) is 11.9 Å². The molecule has 0 fully saturated rings. The van der Waals surface area contributed by atoms with E-state index in [4.69, 9.17) is 16.3 Å². The van der Waals surface area contributed by atoms with Gasteiger partial charge in [0.2, 0.25) is 0 Å². The molecule has 0 radical (unpaired) electrons. The van der Waals surface area contributed by atoms with E-state index in [1.165, 1.54) is 5.56 Å². The normalized spacial score (nSPS) is 12.8. The van der Waals surface area contributed by atoms with E-state index in [9.17, 15) is 0 Å². The maximum absolute atomic E-state index is 5.93. The number of benzene rings is 1. The first-order valence-electron chi connectivity index (χ1n) is 5.57. The number of ether oxygens (including phenoxy) is 1. The molecule has 2 nitrogen and oxygen atoms in total. The van der Waals surface area contributed by atoms with Gasteiger partial charge in [-0.15, -0.1) is 11.6 Å². The van der Waals surface area contributed by atoms with E-state index in [1.54, 1.807) is 7.11 Å². The first kappa shape index (κ1) is 13.3. The summed E-state index contributed by atoms with van der Waals surface area (Å²) in [6.07, 6.45) is 1.02. The van der Waals surface area contributed by atoms with E-state index >= 15 is 0 Å². The molecular weight excluding hydrogens is 222 g/mol. The number of halogens is 1. The molecule has 0 spiro atoms. The van der Waals surface area contributed by atoms with Gasteiger partial charge in [-0.2, -0.15) is 0 Å². The van der Waals surface area contributed by atoms with Crippen molar-refractivity contribution in [2.75, 3.05) is 20.7 Å². The van der Waals surface area contributed by atoms with Crippen molar-refractivity contribution in [3.63, 3.8) is 0 Å². The Balaban J connectivity index is 2.45. The van der Waals surface area contributed by atoms with Crippen LogP contribution in [0.1, 0.15) is 18.9 Å². The Morgan fingerprint density at radius 2 is 2.19 bits per heavy atom. The van der Waals surface area contributed by atoms with Gasteiger partial charge < -0.3 is 9.64 Å². The standard InChI is InChI=1S/C13H20ClNO/c1-11(14)7-8-15(2)10-12-5-4-6-13(9-12)16-3/h4-6,9,11H,7-8,10H2,1-3H3. The monoisotopic (exact) mass is 241 g/mol. The second-order valence-corrected chi connectivity index (χ2v) is 4.90. The Bertz CT molecular complexity index is 315. The molecule has 0 aromatic heterocycles. The van der Waals surface area contributed by atoms with Gasteiger partial charge in [-0.25, -0.2) is 0 Å². The van der Waals surface area contributed by atoms with Gasteiger partial charge in [0.05, 0.1) is 7.11 Å². The van der Waals surface area contributed by atoms with E-state index in [-0.39, 0.29) is 5.38 Å². The fourth-order valence-electron chi connectivity index (χ4n) is 1.56. The summed E-state index contributed by atoms with van der Waals surface area (Å²) < 4.78 is 5.19. The van der Waals surface area contributed by atoms with E-state index < -0.39 is 0 Å². The summed E-state index contributed by atoms with van der Waals surface area (Å²) in [7, 11) is 3.80. The van der Waals surface area contributed by atoms with Crippen LogP contribution in [0, 0.1) is 0 Å². The zero-order chi connectivity index (χ0) is 12.0. The molecule has 16 heavy (non-hydrogen) atoms. The maximum Gasteiger partial charge on any atom is 0.119 e. The minimum Gasteiger partial charge on any atom is -0.497 e. The van der Waals surface area contributed by atoms with E-state index in [1.807, 2.05) is 19.1 Å². The molecule has 0 heterocycles. The Labute approximate surface area is 103 Å². The number of hydrogen-bond acceptors (Lipinski definition) is 2. The quantitative estimate of drug-likeness (QED) is 0.710. The van der Waals surface area contributed by atoms with Crippen molar-refractivity contribution >= 4 is 11.6 Å². The van der Waals surface area contributed by atoms with Crippen LogP contribution in [0.2, 0.25) is 0 Å². The molecular formula is C13H20ClNO. The van der Waals surface area contributed by atoms with Crippen molar-refractivity contribution in [3.8, 4) is 5.75 Å². The van der Waals surface area contributed by atoms with E-state index in [2.05, 4.69) is 24.1 Å². The number of nitrogens with zero attached hydrogens (tertiary/aromatic N) is 1. The lowest BCUT2D eigenvalue weighted by molar-refractivity contribution is 0.321. The Kier molecular flexibility index (Phi) is 5.64. The van der Waals surface area contributed by atoms with Gasteiger partial charge >= 0.3 is 0 Å². The molecule has 0 aliphatic carbocycles. The molecule has 0 amide bonds. The van der Waals surface area contributed by atoms with Gasteiger partial charge in [-0.1, -0.05) is 12.1 Å². The first-order chi connectivity index (χ1) is 7.61. The lowest BCUT2D eigenvalue weighted by Gasteiger charge is -2.17. The molecule has 1 unspecified atom stereocenters. The average Bonchev–Trinajstić information content (AvgIpc) is 2.26. The van der Waals surface area contributed by atoms with Crippen LogP contribution >= 0.6 is 11.6 Å². The number of methoxy groups -OCH3 is 1. The minimum atomic E-state index is 0.243. The molecule has 0 N–H and O–H groups in total. The molecule has 1 aromatic rings. The molecule has 1 atom stereocenters. The number of rotatable bonds is 6. The van der Waals surface area contributed by atoms with Crippen LogP contribution in [-0.2, 0) is 6.54 Å². The summed E-state index contributed by atoms with van der Waals surface area (Å²) in [5, 5.41) is 0.243. The molecule has 3 heteroatoms. The summed E-state index contributed by atoms with van der Waals surface area (Å²) >= 11 is 5.93. The summed E-state index contributed by atoms with van der Waals surface area (Å²) in [6.45, 7) is 3.98. The second-order valence-electron chi connectivity index (χ2n) is 4.16. The van der Waals surface area contributed by atoms with Crippen molar-refractivity contribution in [1.82, 2.24) is 4.90 Å². The molecule has 0 aliphatic rings. The van der Waals surface area contributed by atoms with Crippen molar-refractivity contribution in [3.05, 3.63) is 29.8 Å². The van der Waals surface area contributed by atoms with Crippen LogP contribution < -0.4 is 4.74 Å². The predicted octanol–water partition coefficient (Wildman–Crippen LogP) is 3.14. The van der Waals surface area contributed by atoms with Crippen LogP contribution in [-0.4, -0.2) is 31.0 Å². The highest BCUT2D eigenvalue weighted by atomic mass is 35.5. The molecule has 1 rings (SSSR count). The van der Waals surface area contributed by atoms with E-state index in [0.29, 0.717) is 0 Å². The van der Waals surface area contributed by atoms with Crippen molar-refractivity contribution in [1.29, 1.82) is 0 Å². The van der Waals surface area contributed by atoms with Crippen LogP contribution in [0.25, 0.3) is 0 Å². The maximum atomic E-state index is 5.93. The van der Waals surface area contributed by atoms with Gasteiger partial charge in [-0.05, 0) is 44.6 Å². The molecule has 0 bridgehead atoms. The third-order valence-corrected chi connectivity index (χ3v) is 2.71. The summed E-state index contributed by atoms with van der Waals surface area (Å²) in [5.74, 6) is 0.914. The lowest BCUT2D eigenvalue weighted by atomic mass is 10.2. The largest absolute Gasteiger partial charge is 0.497 e. The summed E-state index contributed by atoms with van der Waals surface area (Å²) in [5.41, 5.74) is 1.27. The third kappa shape index (κ3) is 4.86. The average molecular weight is 242 g/mol. The Morgan fingerprint density at radius 1 is 1.44 bits per heavy atom. The summed E-state index contributed by atoms with van der Waals surface area (Å²) in [4.78, 5) is 2.27. The topological polar surface area (TPSA) is 12.5 Å². The molecule has 90 valence electrons.